The highest BCUT2D eigenvalue weighted by Crippen LogP contribution is 2.39. The number of rotatable bonds is 3. The van der Waals surface area contributed by atoms with Crippen LogP contribution in [0.1, 0.15) is 12.8 Å². The molecule has 0 aromatic heterocycles. The average Bonchev–Trinajstić information content (AvgIpc) is 2.90. The van der Waals surface area contributed by atoms with E-state index < -0.39 is 11.5 Å². The fraction of sp³-hybridized carbons (Fsp3) is 0.300. The molecule has 0 heterocycles. The number of benzene rings is 1. The molecule has 0 unspecified atom stereocenters. The monoisotopic (exact) mass is 255 g/mol. The zero-order chi connectivity index (χ0) is 10.2. The maximum atomic E-state index is 10.9. The van der Waals surface area contributed by atoms with Gasteiger partial charge in [0, 0.05) is 10.2 Å². The van der Waals surface area contributed by atoms with E-state index in [4.69, 9.17) is 5.11 Å². The molecule has 74 valence electrons. The van der Waals surface area contributed by atoms with Gasteiger partial charge in [-0.3, -0.25) is 0 Å². The average molecular weight is 256 g/mol. The van der Waals surface area contributed by atoms with Crippen LogP contribution in [-0.2, 0) is 4.79 Å². The Morgan fingerprint density at radius 3 is 2.36 bits per heavy atom. The second kappa shape index (κ2) is 3.28. The summed E-state index contributed by atoms with van der Waals surface area (Å²) in [4.78, 5) is 10.9. The van der Waals surface area contributed by atoms with E-state index in [0.717, 1.165) is 10.2 Å². The fourth-order valence-corrected chi connectivity index (χ4v) is 1.59. The highest BCUT2D eigenvalue weighted by molar-refractivity contribution is 9.10. The summed E-state index contributed by atoms with van der Waals surface area (Å²) in [5, 5.41) is 12.0. The first kappa shape index (κ1) is 9.52. The molecule has 0 radical (unpaired) electrons. The molecule has 3 nitrogen and oxygen atoms in total. The lowest BCUT2D eigenvalue weighted by molar-refractivity contribution is -0.138. The summed E-state index contributed by atoms with van der Waals surface area (Å²) in [6.45, 7) is 0. The lowest BCUT2D eigenvalue weighted by Crippen LogP contribution is -2.31. The maximum absolute atomic E-state index is 10.9. The molecule has 0 bridgehead atoms. The molecule has 1 saturated carbocycles. The Morgan fingerprint density at radius 2 is 1.93 bits per heavy atom. The van der Waals surface area contributed by atoms with Crippen LogP contribution in [0, 0.1) is 0 Å². The van der Waals surface area contributed by atoms with E-state index in [1.165, 1.54) is 0 Å². The highest BCUT2D eigenvalue weighted by atomic mass is 79.9. The molecule has 1 fully saturated rings. The van der Waals surface area contributed by atoms with Crippen molar-refractivity contribution >= 4 is 27.6 Å². The summed E-state index contributed by atoms with van der Waals surface area (Å²) in [5.74, 6) is -0.764. The molecule has 2 N–H and O–H groups in total. The van der Waals surface area contributed by atoms with Crippen LogP contribution in [0.2, 0.25) is 0 Å². The molecule has 0 spiro atoms. The van der Waals surface area contributed by atoms with Crippen LogP contribution in [0.3, 0.4) is 0 Å². The van der Waals surface area contributed by atoms with Crippen LogP contribution < -0.4 is 5.32 Å². The van der Waals surface area contributed by atoms with Crippen LogP contribution >= 0.6 is 15.9 Å². The van der Waals surface area contributed by atoms with Crippen LogP contribution in [-0.4, -0.2) is 16.6 Å². The maximum Gasteiger partial charge on any atom is 0.329 e. The third-order valence-electron chi connectivity index (χ3n) is 2.39. The minimum Gasteiger partial charge on any atom is -0.480 e. The minimum atomic E-state index is -0.764. The van der Waals surface area contributed by atoms with E-state index in [1.807, 2.05) is 24.3 Å². The smallest absolute Gasteiger partial charge is 0.329 e. The van der Waals surface area contributed by atoms with E-state index in [1.54, 1.807) is 0 Å². The van der Waals surface area contributed by atoms with Gasteiger partial charge in [-0.25, -0.2) is 4.79 Å². The number of aliphatic carboxylic acids is 1. The summed E-state index contributed by atoms with van der Waals surface area (Å²) >= 11 is 3.33. The first-order valence-electron chi connectivity index (χ1n) is 4.40. The van der Waals surface area contributed by atoms with Crippen molar-refractivity contribution in [1.82, 2.24) is 0 Å². The predicted molar refractivity (Wildman–Crippen MR) is 57.4 cm³/mol. The first-order chi connectivity index (χ1) is 6.62. The van der Waals surface area contributed by atoms with E-state index in [-0.39, 0.29) is 0 Å². The fourth-order valence-electron chi connectivity index (χ4n) is 1.33. The summed E-state index contributed by atoms with van der Waals surface area (Å²) in [6.07, 6.45) is 1.41. The van der Waals surface area contributed by atoms with E-state index >= 15 is 0 Å². The van der Waals surface area contributed by atoms with Crippen molar-refractivity contribution < 1.29 is 9.90 Å². The number of carboxylic acids is 1. The van der Waals surface area contributed by atoms with Crippen molar-refractivity contribution in [3.63, 3.8) is 0 Å². The van der Waals surface area contributed by atoms with Gasteiger partial charge < -0.3 is 10.4 Å². The Balaban J connectivity index is 2.11. The molecule has 2 rings (SSSR count). The molecule has 0 saturated heterocycles. The Bertz CT molecular complexity index is 357. The number of hydrogen-bond donors (Lipinski definition) is 2. The molecule has 4 heteroatoms. The lowest BCUT2D eigenvalue weighted by Gasteiger charge is -2.13. The number of carboxylic acid groups (broad SMARTS) is 1. The Labute approximate surface area is 90.3 Å². The van der Waals surface area contributed by atoms with Crippen molar-refractivity contribution in [2.75, 3.05) is 5.32 Å². The predicted octanol–water partition coefficient (Wildman–Crippen LogP) is 2.48. The van der Waals surface area contributed by atoms with Gasteiger partial charge in [0.15, 0.2) is 0 Å². The minimum absolute atomic E-state index is 0.701. The molecular formula is C10H10BrNO2. The van der Waals surface area contributed by atoms with Gasteiger partial charge in [-0.05, 0) is 37.1 Å². The highest BCUT2D eigenvalue weighted by Gasteiger charge is 2.50. The second-order valence-electron chi connectivity index (χ2n) is 3.52. The van der Waals surface area contributed by atoms with Crippen LogP contribution in [0.25, 0.3) is 0 Å². The van der Waals surface area contributed by atoms with E-state index in [0.29, 0.717) is 12.8 Å². The first-order valence-corrected chi connectivity index (χ1v) is 5.19. The van der Waals surface area contributed by atoms with Crippen LogP contribution in [0.15, 0.2) is 28.7 Å². The zero-order valence-corrected chi connectivity index (χ0v) is 9.04. The van der Waals surface area contributed by atoms with E-state index in [9.17, 15) is 4.79 Å². The molecule has 14 heavy (non-hydrogen) atoms. The third kappa shape index (κ3) is 1.75. The van der Waals surface area contributed by atoms with Gasteiger partial charge >= 0.3 is 5.97 Å². The van der Waals surface area contributed by atoms with Crippen LogP contribution in [0.5, 0.6) is 0 Å². The van der Waals surface area contributed by atoms with Gasteiger partial charge in [0.2, 0.25) is 0 Å². The van der Waals surface area contributed by atoms with Crippen molar-refractivity contribution in [2.24, 2.45) is 0 Å². The van der Waals surface area contributed by atoms with Crippen molar-refractivity contribution in [1.29, 1.82) is 0 Å². The molecule has 1 aromatic rings. The second-order valence-corrected chi connectivity index (χ2v) is 4.43. The summed E-state index contributed by atoms with van der Waals surface area (Å²) < 4.78 is 0.989. The molecular weight excluding hydrogens is 246 g/mol. The molecule has 0 atom stereocenters. The number of anilines is 1. The van der Waals surface area contributed by atoms with Gasteiger partial charge in [0.05, 0.1) is 0 Å². The van der Waals surface area contributed by atoms with Gasteiger partial charge in [0.1, 0.15) is 5.54 Å². The van der Waals surface area contributed by atoms with E-state index in [2.05, 4.69) is 21.2 Å². The number of carbonyl (C=O) groups is 1. The van der Waals surface area contributed by atoms with Gasteiger partial charge in [-0.2, -0.15) is 0 Å². The Morgan fingerprint density at radius 1 is 1.36 bits per heavy atom. The molecule has 1 aliphatic carbocycles. The van der Waals surface area contributed by atoms with Gasteiger partial charge in [-0.1, -0.05) is 15.9 Å². The molecule has 0 amide bonds. The zero-order valence-electron chi connectivity index (χ0n) is 7.46. The number of nitrogens with one attached hydrogen (secondary N) is 1. The Hall–Kier alpha value is -1.03. The Kier molecular flexibility index (Phi) is 2.23. The summed E-state index contributed by atoms with van der Waals surface area (Å²) in [7, 11) is 0. The van der Waals surface area contributed by atoms with Gasteiger partial charge in [0.25, 0.3) is 0 Å². The van der Waals surface area contributed by atoms with Crippen molar-refractivity contribution in [2.45, 2.75) is 18.4 Å². The van der Waals surface area contributed by atoms with Crippen molar-refractivity contribution in [3.8, 4) is 0 Å². The van der Waals surface area contributed by atoms with Crippen molar-refractivity contribution in [3.05, 3.63) is 28.7 Å². The lowest BCUT2D eigenvalue weighted by atomic mass is 10.2. The largest absolute Gasteiger partial charge is 0.480 e. The normalized spacial score (nSPS) is 17.5. The summed E-state index contributed by atoms with van der Waals surface area (Å²) in [5.41, 5.74) is 0.154. The molecule has 1 aromatic carbocycles. The standard InChI is InChI=1S/C10H10BrNO2/c11-7-1-3-8(4-2-7)12-10(5-6-10)9(13)14/h1-4,12H,5-6H2,(H,13,14). The SMILES string of the molecule is O=C(O)C1(Nc2ccc(Br)cc2)CC1. The number of hydrogen-bond acceptors (Lipinski definition) is 2. The quantitative estimate of drug-likeness (QED) is 0.873. The summed E-state index contributed by atoms with van der Waals surface area (Å²) in [6, 6.07) is 7.51. The number of halogens is 1. The topological polar surface area (TPSA) is 49.3 Å². The van der Waals surface area contributed by atoms with Gasteiger partial charge in [-0.15, -0.1) is 0 Å². The molecule has 0 aliphatic heterocycles. The third-order valence-corrected chi connectivity index (χ3v) is 2.92. The molecule has 1 aliphatic rings. The van der Waals surface area contributed by atoms with Crippen LogP contribution in [0.4, 0.5) is 5.69 Å².